The van der Waals surface area contributed by atoms with Gasteiger partial charge in [-0.2, -0.15) is 0 Å². The Kier molecular flexibility index (Phi) is 6.20. The van der Waals surface area contributed by atoms with Crippen LogP contribution in [0.1, 0.15) is 57.6 Å². The molecule has 0 amide bonds. The first-order valence-corrected chi connectivity index (χ1v) is 7.13. The van der Waals surface area contributed by atoms with Crippen LogP contribution in [0.4, 0.5) is 0 Å². The van der Waals surface area contributed by atoms with Crippen LogP contribution in [0.25, 0.3) is 0 Å². The van der Waals surface area contributed by atoms with Gasteiger partial charge in [0.05, 0.1) is 6.61 Å². The third-order valence-corrected chi connectivity index (χ3v) is 3.54. The number of ether oxygens (including phenoxy) is 1. The second-order valence-corrected chi connectivity index (χ2v) is 4.99. The van der Waals surface area contributed by atoms with Crippen molar-refractivity contribution < 1.29 is 4.74 Å². The molecule has 0 fully saturated rings. The lowest BCUT2D eigenvalue weighted by Gasteiger charge is -2.17. The maximum atomic E-state index is 6.03. The highest BCUT2D eigenvalue weighted by Gasteiger charge is 2.12. The van der Waals surface area contributed by atoms with E-state index in [9.17, 15) is 0 Å². The zero-order chi connectivity index (χ0) is 13.5. The van der Waals surface area contributed by atoms with Crippen LogP contribution in [-0.2, 0) is 6.42 Å². The van der Waals surface area contributed by atoms with Gasteiger partial charge in [-0.15, -0.1) is 0 Å². The molecule has 2 N–H and O–H groups in total. The fourth-order valence-electron chi connectivity index (χ4n) is 2.06. The van der Waals surface area contributed by atoms with Gasteiger partial charge >= 0.3 is 0 Å². The second-order valence-electron chi connectivity index (χ2n) is 4.99. The largest absolute Gasteiger partial charge is 0.494 e. The predicted molar refractivity (Wildman–Crippen MR) is 78.3 cm³/mol. The highest BCUT2D eigenvalue weighted by Crippen LogP contribution is 2.30. The first-order valence-electron chi connectivity index (χ1n) is 7.13. The van der Waals surface area contributed by atoms with Gasteiger partial charge < -0.3 is 10.5 Å². The standard InChI is InChI=1S/C16H27NO/c1-5-12(4)15-11-13(10-14(17)6-2)8-9-16(15)18-7-3/h8-9,11-12,14H,5-7,10,17H2,1-4H3. The molecular weight excluding hydrogens is 222 g/mol. The third-order valence-electron chi connectivity index (χ3n) is 3.54. The van der Waals surface area contributed by atoms with Crippen molar-refractivity contribution in [1.82, 2.24) is 0 Å². The first kappa shape index (κ1) is 15.0. The number of nitrogens with two attached hydrogens (primary N) is 1. The van der Waals surface area contributed by atoms with Gasteiger partial charge in [0.2, 0.25) is 0 Å². The fraction of sp³-hybridized carbons (Fsp3) is 0.625. The van der Waals surface area contributed by atoms with Crippen LogP contribution >= 0.6 is 0 Å². The van der Waals surface area contributed by atoms with Crippen molar-refractivity contribution in [2.24, 2.45) is 5.73 Å². The molecule has 0 saturated carbocycles. The monoisotopic (exact) mass is 249 g/mol. The van der Waals surface area contributed by atoms with Crippen molar-refractivity contribution in [2.75, 3.05) is 6.61 Å². The first-order chi connectivity index (χ1) is 8.62. The Morgan fingerprint density at radius 1 is 1.17 bits per heavy atom. The molecule has 1 rings (SSSR count). The van der Waals surface area contributed by atoms with Crippen molar-refractivity contribution in [3.8, 4) is 5.75 Å². The van der Waals surface area contributed by atoms with Crippen LogP contribution < -0.4 is 10.5 Å². The summed E-state index contributed by atoms with van der Waals surface area (Å²) in [5, 5.41) is 0. The Labute approximate surface area is 112 Å². The SMILES string of the molecule is CCOc1ccc(CC(N)CC)cc1C(C)CC. The molecule has 2 heteroatoms. The van der Waals surface area contributed by atoms with E-state index < -0.39 is 0 Å². The van der Waals surface area contributed by atoms with E-state index in [4.69, 9.17) is 10.5 Å². The summed E-state index contributed by atoms with van der Waals surface area (Å²) in [7, 11) is 0. The Bertz CT molecular complexity index is 362. The molecule has 1 aromatic carbocycles. The average molecular weight is 249 g/mol. The average Bonchev–Trinajstić information content (AvgIpc) is 2.39. The highest BCUT2D eigenvalue weighted by molar-refractivity contribution is 5.40. The lowest BCUT2D eigenvalue weighted by Crippen LogP contribution is -2.21. The second kappa shape index (κ2) is 7.42. The minimum atomic E-state index is 0.257. The van der Waals surface area contributed by atoms with Crippen LogP contribution in [0.2, 0.25) is 0 Å². The van der Waals surface area contributed by atoms with Crippen molar-refractivity contribution >= 4 is 0 Å². The molecule has 18 heavy (non-hydrogen) atoms. The Morgan fingerprint density at radius 2 is 1.89 bits per heavy atom. The number of hydrogen-bond acceptors (Lipinski definition) is 2. The van der Waals surface area contributed by atoms with Gasteiger partial charge in [-0.05, 0) is 49.3 Å². The summed E-state index contributed by atoms with van der Waals surface area (Å²) in [5.41, 5.74) is 8.67. The Morgan fingerprint density at radius 3 is 2.44 bits per heavy atom. The van der Waals surface area contributed by atoms with Gasteiger partial charge in [-0.3, -0.25) is 0 Å². The van der Waals surface area contributed by atoms with E-state index in [1.165, 1.54) is 11.1 Å². The summed E-state index contributed by atoms with van der Waals surface area (Å²) < 4.78 is 5.72. The fourth-order valence-corrected chi connectivity index (χ4v) is 2.06. The molecule has 0 aromatic heterocycles. The normalized spacial score (nSPS) is 14.3. The summed E-state index contributed by atoms with van der Waals surface area (Å²) in [4.78, 5) is 0. The van der Waals surface area contributed by atoms with E-state index in [2.05, 4.69) is 39.0 Å². The van der Waals surface area contributed by atoms with Crippen molar-refractivity contribution in [2.45, 2.75) is 58.9 Å². The minimum Gasteiger partial charge on any atom is -0.494 e. The molecule has 0 radical (unpaired) electrons. The quantitative estimate of drug-likeness (QED) is 0.796. The molecule has 2 unspecified atom stereocenters. The predicted octanol–water partition coefficient (Wildman–Crippen LogP) is 3.88. The number of benzene rings is 1. The molecule has 0 aliphatic carbocycles. The lowest BCUT2D eigenvalue weighted by molar-refractivity contribution is 0.334. The molecular formula is C16H27NO. The van der Waals surface area contributed by atoms with Crippen molar-refractivity contribution in [3.05, 3.63) is 29.3 Å². The Hall–Kier alpha value is -1.02. The molecule has 0 aliphatic heterocycles. The van der Waals surface area contributed by atoms with E-state index in [1.807, 2.05) is 6.92 Å². The molecule has 102 valence electrons. The van der Waals surface area contributed by atoms with E-state index in [0.717, 1.165) is 31.6 Å². The summed E-state index contributed by atoms with van der Waals surface area (Å²) in [6, 6.07) is 6.77. The maximum Gasteiger partial charge on any atom is 0.122 e. The van der Waals surface area contributed by atoms with Gasteiger partial charge in [0.1, 0.15) is 5.75 Å². The van der Waals surface area contributed by atoms with Gasteiger partial charge in [-0.25, -0.2) is 0 Å². The summed E-state index contributed by atoms with van der Waals surface area (Å²) in [6.45, 7) is 9.35. The molecule has 0 heterocycles. The van der Waals surface area contributed by atoms with Crippen molar-refractivity contribution in [1.29, 1.82) is 0 Å². The van der Waals surface area contributed by atoms with Crippen LogP contribution in [0.15, 0.2) is 18.2 Å². The lowest BCUT2D eigenvalue weighted by atomic mass is 9.93. The van der Waals surface area contributed by atoms with Gasteiger partial charge in [-0.1, -0.05) is 32.9 Å². The van der Waals surface area contributed by atoms with Gasteiger partial charge in [0.15, 0.2) is 0 Å². The molecule has 0 bridgehead atoms. The molecule has 0 spiro atoms. The van der Waals surface area contributed by atoms with Crippen LogP contribution in [-0.4, -0.2) is 12.6 Å². The molecule has 2 nitrogen and oxygen atoms in total. The highest BCUT2D eigenvalue weighted by atomic mass is 16.5. The van der Waals surface area contributed by atoms with Gasteiger partial charge in [0.25, 0.3) is 0 Å². The summed E-state index contributed by atoms with van der Waals surface area (Å²) >= 11 is 0. The van der Waals surface area contributed by atoms with Crippen molar-refractivity contribution in [3.63, 3.8) is 0 Å². The number of hydrogen-bond donors (Lipinski definition) is 1. The van der Waals surface area contributed by atoms with Gasteiger partial charge in [0, 0.05) is 6.04 Å². The van der Waals surface area contributed by atoms with Crippen LogP contribution in [0, 0.1) is 0 Å². The van der Waals surface area contributed by atoms with E-state index in [-0.39, 0.29) is 6.04 Å². The van der Waals surface area contributed by atoms with E-state index in [0.29, 0.717) is 5.92 Å². The summed E-state index contributed by atoms with van der Waals surface area (Å²) in [6.07, 6.45) is 3.10. The number of rotatable bonds is 7. The minimum absolute atomic E-state index is 0.257. The van der Waals surface area contributed by atoms with Crippen LogP contribution in [0.3, 0.4) is 0 Å². The van der Waals surface area contributed by atoms with Crippen LogP contribution in [0.5, 0.6) is 5.75 Å². The van der Waals surface area contributed by atoms with E-state index in [1.54, 1.807) is 0 Å². The topological polar surface area (TPSA) is 35.2 Å². The third kappa shape index (κ3) is 4.02. The maximum absolute atomic E-state index is 6.03. The molecule has 1 aromatic rings. The zero-order valence-corrected chi connectivity index (χ0v) is 12.2. The zero-order valence-electron chi connectivity index (χ0n) is 12.2. The summed E-state index contributed by atoms with van der Waals surface area (Å²) in [5.74, 6) is 1.56. The molecule has 2 atom stereocenters. The van der Waals surface area contributed by atoms with E-state index >= 15 is 0 Å². The Balaban J connectivity index is 2.97. The smallest absolute Gasteiger partial charge is 0.122 e. The molecule has 0 saturated heterocycles. The molecule has 0 aliphatic rings.